The van der Waals surface area contributed by atoms with Gasteiger partial charge in [-0.2, -0.15) is 8.42 Å². The Balaban J connectivity index is 2.30. The van der Waals surface area contributed by atoms with Crippen molar-refractivity contribution >= 4 is 16.4 Å². The van der Waals surface area contributed by atoms with Crippen LogP contribution in [0.5, 0.6) is 0 Å². The fourth-order valence-corrected chi connectivity index (χ4v) is 9.12. The summed E-state index contributed by atoms with van der Waals surface area (Å²) in [7, 11) is -5.07. The van der Waals surface area contributed by atoms with E-state index in [-0.39, 0.29) is 19.6 Å². The Morgan fingerprint density at radius 2 is 0.932 bits per heavy atom. The van der Waals surface area contributed by atoms with Gasteiger partial charge in [0.05, 0.1) is 19.8 Å². The molecule has 6 atom stereocenters. The topological polar surface area (TPSA) is 178 Å². The van der Waals surface area contributed by atoms with E-state index in [4.69, 9.17) is 18.9 Å². The monoisotopic (exact) mass is 1060 g/mol. The third-order valence-electron chi connectivity index (χ3n) is 13.0. The van der Waals surface area contributed by atoms with E-state index in [9.17, 15) is 33.1 Å². The summed E-state index contributed by atoms with van der Waals surface area (Å²) in [6.07, 6.45) is 60.4. The van der Waals surface area contributed by atoms with Gasteiger partial charge in [0.2, 0.25) is 0 Å². The van der Waals surface area contributed by atoms with E-state index in [0.29, 0.717) is 13.0 Å². The van der Waals surface area contributed by atoms with E-state index in [0.717, 1.165) is 83.5 Å². The van der Waals surface area contributed by atoms with Crippen LogP contribution in [0.25, 0.3) is 0 Å². The lowest BCUT2D eigenvalue weighted by atomic mass is 9.99. The molecule has 0 aromatic heterocycles. The molecule has 1 saturated heterocycles. The van der Waals surface area contributed by atoms with Gasteiger partial charge in [0.15, 0.2) is 6.29 Å². The molecule has 74 heavy (non-hydrogen) atoms. The Hall–Kier alpha value is -2.72. The van der Waals surface area contributed by atoms with Gasteiger partial charge < -0.3 is 34.3 Å². The molecule has 0 aliphatic carbocycles. The van der Waals surface area contributed by atoms with Gasteiger partial charge in [-0.15, -0.1) is 0 Å². The standard InChI is InChI=1S/C61H106O12S/c1-3-5-7-9-11-13-15-17-19-21-23-25-26-27-28-29-31-33-35-37-39-41-43-45-47-49-51-69-53-55(54-70-61-59(65)60(73-74(66,67)68)58(64)56(52-62)72-61)71-57(63)50-48-46-44-42-40-38-36-34-32-30-24-22-20-18-16-14-12-10-8-6-4-2/h6,8,12,14-15,17-18,20-21,23-24,26-27,30,55-56,58-62,64-65H,3-5,7,9-11,13,16,19,22,25,28-29,31-54H2,1-2H3,(H,66,67,68)/b8-6-,14-12-,17-15-,20-18-,23-21-,27-26-,30-24-. The van der Waals surface area contributed by atoms with Gasteiger partial charge in [-0.05, 0) is 89.9 Å². The lowest BCUT2D eigenvalue weighted by Crippen LogP contribution is -2.60. The number of hydrogen-bond donors (Lipinski definition) is 4. The maximum Gasteiger partial charge on any atom is 0.397 e. The molecule has 0 bridgehead atoms. The van der Waals surface area contributed by atoms with Crippen molar-refractivity contribution in [1.82, 2.24) is 0 Å². The van der Waals surface area contributed by atoms with Gasteiger partial charge in [0, 0.05) is 13.0 Å². The summed E-state index contributed by atoms with van der Waals surface area (Å²) in [5.74, 6) is -0.409. The zero-order valence-electron chi connectivity index (χ0n) is 46.4. The van der Waals surface area contributed by atoms with Crippen molar-refractivity contribution in [3.8, 4) is 0 Å². The summed E-state index contributed by atoms with van der Waals surface area (Å²) >= 11 is 0. The van der Waals surface area contributed by atoms with Crippen molar-refractivity contribution in [3.63, 3.8) is 0 Å². The molecule has 0 saturated carbocycles. The Morgan fingerprint density at radius 1 is 0.527 bits per heavy atom. The second-order valence-corrected chi connectivity index (χ2v) is 20.9. The number of rotatable bonds is 51. The highest BCUT2D eigenvalue weighted by Crippen LogP contribution is 2.26. The van der Waals surface area contributed by atoms with Crippen LogP contribution in [0.3, 0.4) is 0 Å². The first-order valence-electron chi connectivity index (χ1n) is 29.3. The fourth-order valence-electron chi connectivity index (χ4n) is 8.61. The Morgan fingerprint density at radius 3 is 1.36 bits per heavy atom. The normalized spacial score (nSPS) is 19.4. The van der Waals surface area contributed by atoms with Crippen LogP contribution in [0.4, 0.5) is 0 Å². The number of allylic oxidation sites excluding steroid dienone is 14. The van der Waals surface area contributed by atoms with Crippen LogP contribution in [0.1, 0.15) is 232 Å². The predicted molar refractivity (Wildman–Crippen MR) is 303 cm³/mol. The second-order valence-electron chi connectivity index (χ2n) is 19.8. The predicted octanol–water partition coefficient (Wildman–Crippen LogP) is 14.8. The number of aliphatic hydroxyl groups is 3. The van der Waals surface area contributed by atoms with Gasteiger partial charge in [-0.25, -0.2) is 4.18 Å². The first kappa shape index (κ1) is 69.3. The summed E-state index contributed by atoms with van der Waals surface area (Å²) in [5.41, 5.74) is 0. The molecule has 4 N–H and O–H groups in total. The number of aliphatic hydroxyl groups excluding tert-OH is 3. The second kappa shape index (κ2) is 51.1. The molecular formula is C61H106O12S. The largest absolute Gasteiger partial charge is 0.457 e. The van der Waals surface area contributed by atoms with Gasteiger partial charge in [-0.3, -0.25) is 9.35 Å². The van der Waals surface area contributed by atoms with Crippen molar-refractivity contribution in [2.45, 2.75) is 269 Å². The zero-order chi connectivity index (χ0) is 53.8. The first-order chi connectivity index (χ1) is 36.1. The van der Waals surface area contributed by atoms with Crippen LogP contribution in [0, 0.1) is 0 Å². The summed E-state index contributed by atoms with van der Waals surface area (Å²) < 4.78 is 59.5. The highest BCUT2D eigenvalue weighted by atomic mass is 32.3. The molecule has 6 unspecified atom stereocenters. The smallest absolute Gasteiger partial charge is 0.397 e. The molecule has 0 aromatic carbocycles. The van der Waals surface area contributed by atoms with E-state index < -0.39 is 59.8 Å². The Kier molecular flexibility index (Phi) is 47.8. The number of hydrogen-bond acceptors (Lipinski definition) is 11. The van der Waals surface area contributed by atoms with Gasteiger partial charge >= 0.3 is 16.4 Å². The minimum atomic E-state index is -5.07. The molecular weight excluding hydrogens is 957 g/mol. The molecule has 0 aromatic rings. The van der Waals surface area contributed by atoms with Crippen molar-refractivity contribution in [1.29, 1.82) is 0 Å². The van der Waals surface area contributed by atoms with E-state index >= 15 is 0 Å². The first-order valence-corrected chi connectivity index (χ1v) is 30.7. The van der Waals surface area contributed by atoms with Crippen LogP contribution in [0.15, 0.2) is 85.1 Å². The number of esters is 1. The zero-order valence-corrected chi connectivity index (χ0v) is 47.2. The summed E-state index contributed by atoms with van der Waals surface area (Å²) in [6, 6.07) is 0. The highest BCUT2D eigenvalue weighted by Gasteiger charge is 2.48. The van der Waals surface area contributed by atoms with Crippen molar-refractivity contribution in [3.05, 3.63) is 85.1 Å². The minimum Gasteiger partial charge on any atom is -0.457 e. The molecule has 1 heterocycles. The van der Waals surface area contributed by atoms with E-state index in [1.165, 1.54) is 122 Å². The number of carbonyl (C=O) groups is 1. The average molecular weight is 1060 g/mol. The third kappa shape index (κ3) is 43.4. The summed E-state index contributed by atoms with van der Waals surface area (Å²) in [4.78, 5) is 13.0. The van der Waals surface area contributed by atoms with E-state index in [1.807, 2.05) is 0 Å². The average Bonchev–Trinajstić information content (AvgIpc) is 3.38. The van der Waals surface area contributed by atoms with Crippen LogP contribution >= 0.6 is 0 Å². The molecule has 12 nitrogen and oxygen atoms in total. The molecule has 1 aliphatic heterocycles. The van der Waals surface area contributed by atoms with Crippen molar-refractivity contribution < 1.29 is 56.2 Å². The molecule has 1 aliphatic rings. The van der Waals surface area contributed by atoms with Crippen molar-refractivity contribution in [2.75, 3.05) is 26.4 Å². The van der Waals surface area contributed by atoms with E-state index in [1.54, 1.807) is 0 Å². The number of unbranched alkanes of at least 4 members (excludes halogenated alkanes) is 24. The van der Waals surface area contributed by atoms with Gasteiger partial charge in [-0.1, -0.05) is 221 Å². The third-order valence-corrected chi connectivity index (χ3v) is 13.5. The number of ether oxygens (including phenoxy) is 4. The van der Waals surface area contributed by atoms with Crippen LogP contribution in [0.2, 0.25) is 0 Å². The molecule has 428 valence electrons. The summed E-state index contributed by atoms with van der Waals surface area (Å²) in [5, 5.41) is 30.9. The quantitative estimate of drug-likeness (QED) is 0.0196. The van der Waals surface area contributed by atoms with Gasteiger partial charge in [0.25, 0.3) is 0 Å². The van der Waals surface area contributed by atoms with Crippen LogP contribution in [-0.4, -0.2) is 97.5 Å². The van der Waals surface area contributed by atoms with Crippen LogP contribution in [-0.2, 0) is 38.3 Å². The highest BCUT2D eigenvalue weighted by molar-refractivity contribution is 7.80. The van der Waals surface area contributed by atoms with E-state index in [2.05, 4.69) is 103 Å². The maximum atomic E-state index is 13.0. The fraction of sp³-hybridized carbons (Fsp3) is 0.754. The van der Waals surface area contributed by atoms with Gasteiger partial charge in [0.1, 0.15) is 30.5 Å². The Bertz CT molecular complexity index is 1600. The number of carbonyl (C=O) groups excluding carboxylic acids is 1. The molecule has 0 radical (unpaired) electrons. The molecule has 13 heteroatoms. The minimum absolute atomic E-state index is 0.0267. The van der Waals surface area contributed by atoms with Crippen molar-refractivity contribution in [2.24, 2.45) is 0 Å². The molecule has 1 fully saturated rings. The lowest BCUT2D eigenvalue weighted by Gasteiger charge is -2.41. The maximum absolute atomic E-state index is 13.0. The SMILES string of the molecule is CC/C=C\C/C=C\C/C=C\C/C=C\CCCCCCCCCCC(=O)OC(COCCCCCCCCCCCCC/C=C\C/C=C\C/C=C\CCCCCCC)COC1OC(CO)C(O)C(OS(=O)(=O)O)C1O. The van der Waals surface area contributed by atoms with Crippen LogP contribution < -0.4 is 0 Å². The molecule has 0 amide bonds. The molecule has 1 rings (SSSR count). The summed E-state index contributed by atoms with van der Waals surface area (Å²) in [6.45, 7) is 3.87. The molecule has 0 spiro atoms. The lowest BCUT2D eigenvalue weighted by molar-refractivity contribution is -0.301. The Labute approximate surface area is 451 Å².